The maximum absolute atomic E-state index is 13.5. The van der Waals surface area contributed by atoms with Gasteiger partial charge in [-0.15, -0.1) is 5.11 Å². The van der Waals surface area contributed by atoms with Crippen LogP contribution in [-0.4, -0.2) is 11.8 Å². The quantitative estimate of drug-likeness (QED) is 0.944. The molecule has 3 rings (SSSR count). The molecule has 6 heteroatoms. The predicted molar refractivity (Wildman–Crippen MR) is 77.0 cm³/mol. The van der Waals surface area contributed by atoms with E-state index in [0.29, 0.717) is 17.5 Å². The van der Waals surface area contributed by atoms with Crippen LogP contribution in [0.5, 0.6) is 0 Å². The summed E-state index contributed by atoms with van der Waals surface area (Å²) in [6.07, 6.45) is 0.397. The van der Waals surface area contributed by atoms with E-state index in [0.717, 1.165) is 5.56 Å². The molecular weight excluding hydrogens is 285 g/mol. The number of carbonyl (C=O) groups excluding carboxylic acids is 2. The Labute approximate surface area is 125 Å². The highest BCUT2D eigenvalue weighted by Crippen LogP contribution is 2.30. The van der Waals surface area contributed by atoms with Gasteiger partial charge in [0.15, 0.2) is 0 Å². The molecule has 0 radical (unpaired) electrons. The number of amides is 2. The number of fused-ring (bicyclic) bond motifs is 1. The standard InChI is InChI=1S/C16H12FN3O2/c17-13-6-5-9(7-12(13)15(18)21)8-14-10-3-1-2-4-11(10)16(22)20-19-14/h1-7,14H,8H2,(H2,18,21). The summed E-state index contributed by atoms with van der Waals surface area (Å²) < 4.78 is 13.5. The number of rotatable bonds is 3. The SMILES string of the molecule is NC(=O)c1cc(CC2N=NC(=O)c3ccccc32)ccc1F. The monoisotopic (exact) mass is 297 g/mol. The van der Waals surface area contributed by atoms with Gasteiger partial charge in [0.05, 0.1) is 5.56 Å². The third kappa shape index (κ3) is 2.50. The highest BCUT2D eigenvalue weighted by Gasteiger charge is 2.24. The molecule has 0 spiro atoms. The number of azo groups is 1. The molecule has 0 bridgehead atoms. The zero-order chi connectivity index (χ0) is 15.7. The summed E-state index contributed by atoms with van der Waals surface area (Å²) in [5.41, 5.74) is 6.97. The summed E-state index contributed by atoms with van der Waals surface area (Å²) in [5, 5.41) is 7.65. The van der Waals surface area contributed by atoms with Crippen LogP contribution in [-0.2, 0) is 6.42 Å². The second kappa shape index (κ2) is 5.48. The van der Waals surface area contributed by atoms with Gasteiger partial charge in [-0.05, 0) is 29.3 Å². The summed E-state index contributed by atoms with van der Waals surface area (Å²) in [7, 11) is 0. The van der Waals surface area contributed by atoms with Gasteiger partial charge in [-0.25, -0.2) is 4.39 Å². The molecule has 1 heterocycles. The molecule has 110 valence electrons. The Kier molecular flexibility index (Phi) is 3.50. The van der Waals surface area contributed by atoms with Crippen molar-refractivity contribution in [2.45, 2.75) is 12.5 Å². The lowest BCUT2D eigenvalue weighted by molar-refractivity contribution is 0.0981. The summed E-state index contributed by atoms with van der Waals surface area (Å²) >= 11 is 0. The largest absolute Gasteiger partial charge is 0.366 e. The van der Waals surface area contributed by atoms with Gasteiger partial charge in [0.1, 0.15) is 11.9 Å². The van der Waals surface area contributed by atoms with Gasteiger partial charge in [0, 0.05) is 12.0 Å². The van der Waals surface area contributed by atoms with Crippen LogP contribution in [0.4, 0.5) is 4.39 Å². The number of hydrogen-bond donors (Lipinski definition) is 1. The molecule has 0 fully saturated rings. The minimum absolute atomic E-state index is 0.158. The van der Waals surface area contributed by atoms with Crippen molar-refractivity contribution in [3.63, 3.8) is 0 Å². The van der Waals surface area contributed by atoms with Crippen molar-refractivity contribution in [2.75, 3.05) is 0 Å². The first-order valence-corrected chi connectivity index (χ1v) is 6.68. The molecule has 1 aliphatic heterocycles. The zero-order valence-corrected chi connectivity index (χ0v) is 11.5. The molecule has 2 aromatic rings. The topological polar surface area (TPSA) is 84.9 Å². The number of primary amides is 1. The molecule has 0 saturated carbocycles. The molecule has 2 aromatic carbocycles. The first-order valence-electron chi connectivity index (χ1n) is 6.68. The lowest BCUT2D eigenvalue weighted by Gasteiger charge is -2.18. The molecule has 0 saturated heterocycles. The van der Waals surface area contributed by atoms with Crippen LogP contribution in [0.25, 0.3) is 0 Å². The highest BCUT2D eigenvalue weighted by atomic mass is 19.1. The molecular formula is C16H12FN3O2. The van der Waals surface area contributed by atoms with Crippen LogP contribution < -0.4 is 5.73 Å². The first-order chi connectivity index (χ1) is 10.6. The normalized spacial score (nSPS) is 16.4. The van der Waals surface area contributed by atoms with E-state index < -0.39 is 11.7 Å². The number of nitrogens with zero attached hydrogens (tertiary/aromatic N) is 2. The van der Waals surface area contributed by atoms with Crippen molar-refractivity contribution in [3.8, 4) is 0 Å². The van der Waals surface area contributed by atoms with Crippen LogP contribution in [0.2, 0.25) is 0 Å². The van der Waals surface area contributed by atoms with Crippen LogP contribution in [0.1, 0.15) is 37.9 Å². The maximum Gasteiger partial charge on any atom is 0.295 e. The molecule has 1 unspecified atom stereocenters. The summed E-state index contributed by atoms with van der Waals surface area (Å²) in [5.74, 6) is -1.85. The number of carbonyl (C=O) groups is 2. The molecule has 1 aliphatic rings. The van der Waals surface area contributed by atoms with E-state index in [2.05, 4.69) is 10.2 Å². The van der Waals surface area contributed by atoms with Crippen LogP contribution >= 0.6 is 0 Å². The van der Waals surface area contributed by atoms with E-state index in [4.69, 9.17) is 5.73 Å². The first kappa shape index (κ1) is 14.1. The smallest absolute Gasteiger partial charge is 0.295 e. The average Bonchev–Trinajstić information content (AvgIpc) is 2.52. The van der Waals surface area contributed by atoms with E-state index in [-0.39, 0.29) is 17.5 Å². The van der Waals surface area contributed by atoms with Crippen LogP contribution in [0, 0.1) is 5.82 Å². The molecule has 0 aromatic heterocycles. The number of halogens is 1. The Bertz CT molecular complexity index is 802. The fourth-order valence-electron chi connectivity index (χ4n) is 2.48. The van der Waals surface area contributed by atoms with Crippen molar-refractivity contribution in [1.29, 1.82) is 0 Å². The molecule has 5 nitrogen and oxygen atoms in total. The van der Waals surface area contributed by atoms with E-state index in [1.165, 1.54) is 12.1 Å². The van der Waals surface area contributed by atoms with E-state index >= 15 is 0 Å². The van der Waals surface area contributed by atoms with Gasteiger partial charge >= 0.3 is 0 Å². The summed E-state index contributed by atoms with van der Waals surface area (Å²) in [6.45, 7) is 0. The van der Waals surface area contributed by atoms with Gasteiger partial charge in [-0.3, -0.25) is 9.59 Å². The molecule has 0 aliphatic carbocycles. The second-order valence-corrected chi connectivity index (χ2v) is 5.01. The molecule has 22 heavy (non-hydrogen) atoms. The minimum Gasteiger partial charge on any atom is -0.366 e. The van der Waals surface area contributed by atoms with E-state index in [1.807, 2.05) is 12.1 Å². The van der Waals surface area contributed by atoms with Gasteiger partial charge in [0.2, 0.25) is 0 Å². The Hall–Kier alpha value is -2.89. The van der Waals surface area contributed by atoms with Crippen molar-refractivity contribution in [1.82, 2.24) is 0 Å². The Morgan fingerprint density at radius 3 is 2.77 bits per heavy atom. The van der Waals surface area contributed by atoms with Gasteiger partial charge in [0.25, 0.3) is 11.8 Å². The van der Waals surface area contributed by atoms with Crippen molar-refractivity contribution >= 4 is 11.8 Å². The van der Waals surface area contributed by atoms with Gasteiger partial charge < -0.3 is 5.73 Å². The maximum atomic E-state index is 13.5. The number of benzene rings is 2. The van der Waals surface area contributed by atoms with Crippen molar-refractivity contribution in [3.05, 3.63) is 70.5 Å². The van der Waals surface area contributed by atoms with E-state index in [1.54, 1.807) is 18.2 Å². The zero-order valence-electron chi connectivity index (χ0n) is 11.5. The van der Waals surface area contributed by atoms with Crippen molar-refractivity contribution < 1.29 is 14.0 Å². The van der Waals surface area contributed by atoms with Crippen molar-refractivity contribution in [2.24, 2.45) is 16.0 Å². The minimum atomic E-state index is -0.819. The van der Waals surface area contributed by atoms with Crippen LogP contribution in [0.3, 0.4) is 0 Å². The molecule has 2 N–H and O–H groups in total. The fourth-order valence-corrected chi connectivity index (χ4v) is 2.48. The van der Waals surface area contributed by atoms with Crippen LogP contribution in [0.15, 0.2) is 52.7 Å². The average molecular weight is 297 g/mol. The summed E-state index contributed by atoms with van der Waals surface area (Å²) in [4.78, 5) is 22.9. The fraction of sp³-hybridized carbons (Fsp3) is 0.125. The Balaban J connectivity index is 1.94. The Morgan fingerprint density at radius 2 is 2.00 bits per heavy atom. The number of nitrogens with two attached hydrogens (primary N) is 1. The number of hydrogen-bond acceptors (Lipinski definition) is 3. The highest BCUT2D eigenvalue weighted by molar-refractivity contribution is 5.97. The van der Waals surface area contributed by atoms with Gasteiger partial charge in [-0.2, -0.15) is 5.11 Å². The lowest BCUT2D eigenvalue weighted by Crippen LogP contribution is -2.15. The molecule has 2 amide bonds. The second-order valence-electron chi connectivity index (χ2n) is 5.01. The van der Waals surface area contributed by atoms with Gasteiger partial charge in [-0.1, -0.05) is 24.3 Å². The third-order valence-electron chi connectivity index (χ3n) is 3.56. The van der Waals surface area contributed by atoms with E-state index in [9.17, 15) is 14.0 Å². The molecule has 1 atom stereocenters. The summed E-state index contributed by atoms with van der Waals surface area (Å²) in [6, 6.07) is 10.9. The third-order valence-corrected chi connectivity index (χ3v) is 3.56. The Morgan fingerprint density at radius 1 is 1.23 bits per heavy atom. The lowest BCUT2D eigenvalue weighted by atomic mass is 9.93. The predicted octanol–water partition coefficient (Wildman–Crippen LogP) is 2.81.